The maximum absolute atomic E-state index is 5.71. The van der Waals surface area contributed by atoms with E-state index in [0.29, 0.717) is 52.7 Å². The highest BCUT2D eigenvalue weighted by Gasteiger charge is 2.25. The molecular formula is C87H55N11. The van der Waals surface area contributed by atoms with Crippen molar-refractivity contribution in [2.45, 2.75) is 0 Å². The number of hydrogen-bond acceptors (Lipinski definition) is 9. The summed E-state index contributed by atoms with van der Waals surface area (Å²) < 4.78 is 4.42. The average molecular weight is 1250 g/mol. The molecule has 11 nitrogen and oxygen atoms in total. The first-order valence-electron chi connectivity index (χ1n) is 32.6. The fourth-order valence-corrected chi connectivity index (χ4v) is 13.5. The third-order valence-corrected chi connectivity index (χ3v) is 18.1. The molecule has 0 aliphatic rings. The van der Waals surface area contributed by atoms with Crippen LogP contribution in [-0.4, -0.2) is 54.0 Å². The van der Waals surface area contributed by atoms with Crippen LogP contribution in [0.4, 0.5) is 0 Å². The summed E-state index contributed by atoms with van der Waals surface area (Å²) >= 11 is 0. The van der Waals surface area contributed by atoms with Crippen LogP contribution < -0.4 is 0 Å². The molecule has 0 N–H and O–H groups in total. The summed E-state index contributed by atoms with van der Waals surface area (Å²) in [5.74, 6) is 4.98. The molecule has 0 aliphatic heterocycles. The number of benzene rings is 13. The summed E-state index contributed by atoms with van der Waals surface area (Å²) in [7, 11) is 0. The van der Waals surface area contributed by atoms with E-state index < -0.39 is 0 Å². The van der Waals surface area contributed by atoms with Gasteiger partial charge >= 0.3 is 0 Å². The molecule has 0 unspecified atom stereocenters. The lowest BCUT2D eigenvalue weighted by atomic mass is 9.96. The van der Waals surface area contributed by atoms with Gasteiger partial charge in [0, 0.05) is 60.5 Å². The van der Waals surface area contributed by atoms with E-state index in [-0.39, 0.29) is 0 Å². The minimum atomic E-state index is 0.459. The van der Waals surface area contributed by atoms with Crippen molar-refractivity contribution in [2.24, 2.45) is 0 Å². The summed E-state index contributed by atoms with van der Waals surface area (Å²) in [6, 6.07) is 115. The fourth-order valence-electron chi connectivity index (χ4n) is 13.5. The van der Waals surface area contributed by atoms with Crippen LogP contribution >= 0.6 is 0 Å². The first-order chi connectivity index (χ1) is 48.6. The third-order valence-electron chi connectivity index (χ3n) is 18.1. The highest BCUT2D eigenvalue weighted by atomic mass is 15.3. The highest BCUT2D eigenvalue weighted by molar-refractivity contribution is 6.18. The molecule has 13 aromatic carbocycles. The van der Waals surface area contributed by atoms with Gasteiger partial charge in [-0.3, -0.25) is 9.13 Å². The molecule has 5 aromatic heterocycles. The first-order valence-corrected chi connectivity index (χ1v) is 32.6. The fraction of sp³-hybridized carbons (Fsp3) is 0. The lowest BCUT2D eigenvalue weighted by Crippen LogP contribution is -2.10. The smallest absolute Gasteiger partial charge is 0.240 e. The summed E-state index contributed by atoms with van der Waals surface area (Å²) in [5, 5.41) is 4.14. The minimum Gasteiger partial charge on any atom is -0.278 e. The Hall–Kier alpha value is -13.5. The van der Waals surface area contributed by atoms with E-state index >= 15 is 0 Å². The Morgan fingerprint density at radius 2 is 0.429 bits per heavy atom. The molecule has 0 radical (unpaired) electrons. The second kappa shape index (κ2) is 24.4. The van der Waals surface area contributed by atoms with E-state index in [1.807, 2.05) is 140 Å². The van der Waals surface area contributed by atoms with Gasteiger partial charge in [-0.05, 0) is 93.0 Å². The molecule has 0 fully saturated rings. The maximum Gasteiger partial charge on any atom is 0.240 e. The molecule has 0 bridgehead atoms. The van der Waals surface area contributed by atoms with Gasteiger partial charge in [0.2, 0.25) is 11.9 Å². The molecule has 18 rings (SSSR count). The molecule has 18 aromatic rings. The van der Waals surface area contributed by atoms with Crippen molar-refractivity contribution in [3.63, 3.8) is 0 Å². The van der Waals surface area contributed by atoms with Crippen molar-refractivity contribution in [3.8, 4) is 136 Å². The SMILES string of the molecule is c1ccc(-c2ccc3c(c2)c2c(-c4cccc(-c5nc(-c6ccccc6)nc(-c6ccccc6)n5)c4)cccc2n3-c2nc(-c3ccccc3)nc(-n3c4ccc(-c5ccccc5)cc4c4c(-c5cccc(-c6nc(-c7ccccc7)nc(-c7ccccc7)n6)c5)cccc43)n2)cc1. The molecule has 11 heteroatoms. The van der Waals surface area contributed by atoms with Crippen molar-refractivity contribution in [1.29, 1.82) is 0 Å². The second-order valence-corrected chi connectivity index (χ2v) is 24.1. The Kier molecular flexibility index (Phi) is 14.3. The van der Waals surface area contributed by atoms with Crippen LogP contribution in [0.25, 0.3) is 180 Å². The molecule has 5 heterocycles. The van der Waals surface area contributed by atoms with Crippen LogP contribution in [-0.2, 0) is 0 Å². The average Bonchev–Trinajstić information content (AvgIpc) is 1.57. The standard InChI is InChI=1S/C87H55N11/c1-8-26-56(27-9-1)63-48-50-73-71(54-63)77-69(65-40-22-42-67(52-65)84-90-79(58-30-12-3-13-31-58)88-80(91-84)59-32-14-4-15-33-59)44-24-46-75(77)97(73)86-94-83(62-38-20-7-21-39-62)95-87(96-86)98-74-51-49-64(57-28-10-2-11-29-57)55-72(74)78-70(45-25-47-76(78)98)66-41-23-43-68(53-66)85-92-81(60-34-16-5-17-35-60)89-82(93-85)61-36-18-6-19-37-61/h1-55H. The molecule has 0 spiro atoms. The molecule has 0 amide bonds. The first kappa shape index (κ1) is 57.2. The predicted molar refractivity (Wildman–Crippen MR) is 395 cm³/mol. The summed E-state index contributed by atoms with van der Waals surface area (Å²) in [5.41, 5.74) is 18.3. The van der Waals surface area contributed by atoms with Crippen molar-refractivity contribution in [3.05, 3.63) is 334 Å². The van der Waals surface area contributed by atoms with Gasteiger partial charge in [0.15, 0.2) is 40.8 Å². The zero-order chi connectivity index (χ0) is 64.9. The van der Waals surface area contributed by atoms with Crippen molar-refractivity contribution >= 4 is 43.6 Å². The van der Waals surface area contributed by atoms with Gasteiger partial charge in [-0.1, -0.05) is 285 Å². The molecule has 0 atom stereocenters. The van der Waals surface area contributed by atoms with E-state index in [2.05, 4.69) is 203 Å². The molecule has 98 heavy (non-hydrogen) atoms. The number of rotatable bonds is 13. The second-order valence-electron chi connectivity index (χ2n) is 24.1. The lowest BCUT2D eigenvalue weighted by Gasteiger charge is -2.13. The summed E-state index contributed by atoms with van der Waals surface area (Å²) in [6.07, 6.45) is 0. The molecule has 0 aliphatic carbocycles. The Balaban J connectivity index is 0.846. The van der Waals surface area contributed by atoms with E-state index in [9.17, 15) is 0 Å². The third kappa shape index (κ3) is 10.5. The Morgan fingerprint density at radius 3 is 0.755 bits per heavy atom. The van der Waals surface area contributed by atoms with Gasteiger partial charge in [-0.2, -0.15) is 15.0 Å². The van der Waals surface area contributed by atoms with Gasteiger partial charge in [-0.25, -0.2) is 29.9 Å². The quantitative estimate of drug-likeness (QED) is 0.111. The van der Waals surface area contributed by atoms with E-state index in [0.717, 1.165) is 127 Å². The van der Waals surface area contributed by atoms with Gasteiger partial charge in [0.05, 0.1) is 22.1 Å². The van der Waals surface area contributed by atoms with Crippen LogP contribution in [0.15, 0.2) is 334 Å². The number of aromatic nitrogens is 11. The topological polar surface area (TPSA) is 126 Å². The number of fused-ring (bicyclic) bond motifs is 6. The van der Waals surface area contributed by atoms with Crippen molar-refractivity contribution in [1.82, 2.24) is 54.0 Å². The van der Waals surface area contributed by atoms with Crippen LogP contribution in [0.3, 0.4) is 0 Å². The Labute approximate surface area is 564 Å². The molecule has 0 saturated carbocycles. The molecular weight excluding hydrogens is 1200 g/mol. The normalized spacial score (nSPS) is 11.5. The van der Waals surface area contributed by atoms with E-state index in [4.69, 9.17) is 44.9 Å². The maximum atomic E-state index is 5.71. The summed E-state index contributed by atoms with van der Waals surface area (Å²) in [6.45, 7) is 0. The van der Waals surface area contributed by atoms with Gasteiger partial charge in [0.25, 0.3) is 0 Å². The van der Waals surface area contributed by atoms with Gasteiger partial charge in [0.1, 0.15) is 0 Å². The molecule has 458 valence electrons. The van der Waals surface area contributed by atoms with E-state index in [1.54, 1.807) is 0 Å². The highest BCUT2D eigenvalue weighted by Crippen LogP contribution is 2.44. The zero-order valence-electron chi connectivity index (χ0n) is 52.7. The number of nitrogens with zero attached hydrogens (tertiary/aromatic N) is 11. The minimum absolute atomic E-state index is 0.459. The van der Waals surface area contributed by atoms with Crippen molar-refractivity contribution < 1.29 is 0 Å². The molecule has 0 saturated heterocycles. The monoisotopic (exact) mass is 1250 g/mol. The van der Waals surface area contributed by atoms with Crippen LogP contribution in [0.1, 0.15) is 0 Å². The Morgan fingerprint density at radius 1 is 0.163 bits per heavy atom. The Bertz CT molecular complexity index is 5560. The number of hydrogen-bond donors (Lipinski definition) is 0. The van der Waals surface area contributed by atoms with Crippen LogP contribution in [0.5, 0.6) is 0 Å². The van der Waals surface area contributed by atoms with E-state index in [1.165, 1.54) is 0 Å². The summed E-state index contributed by atoms with van der Waals surface area (Å²) in [4.78, 5) is 47.4. The van der Waals surface area contributed by atoms with Gasteiger partial charge < -0.3 is 0 Å². The predicted octanol–water partition coefficient (Wildman–Crippen LogP) is 20.8. The van der Waals surface area contributed by atoms with Crippen LogP contribution in [0.2, 0.25) is 0 Å². The lowest BCUT2D eigenvalue weighted by molar-refractivity contribution is 0.893. The van der Waals surface area contributed by atoms with Crippen LogP contribution in [0, 0.1) is 0 Å². The van der Waals surface area contributed by atoms with Crippen molar-refractivity contribution in [2.75, 3.05) is 0 Å². The van der Waals surface area contributed by atoms with Gasteiger partial charge in [-0.15, -0.1) is 0 Å². The largest absolute Gasteiger partial charge is 0.278 e. The zero-order valence-corrected chi connectivity index (χ0v) is 52.7.